The number of likely N-dealkylation sites (tertiary alicyclic amines) is 1. The molecule has 1 fully saturated rings. The summed E-state index contributed by atoms with van der Waals surface area (Å²) in [7, 11) is 0. The largest absolute Gasteiger partial charge is 0.378 e. The standard InChI is InChI=1S/C14H15F3N2O3/c15-9-6-11(17)10(16)4-8(9)5-12(20)19-3-1-2-14(22,7-19)13(18)21/h4,6,22H,1-3,5,7H2,(H2,18,21). The van der Waals surface area contributed by atoms with Crippen LogP contribution in [0.15, 0.2) is 12.1 Å². The van der Waals surface area contributed by atoms with Crippen LogP contribution in [0.3, 0.4) is 0 Å². The molecule has 5 nitrogen and oxygen atoms in total. The van der Waals surface area contributed by atoms with Gasteiger partial charge in [0.25, 0.3) is 5.91 Å². The molecule has 2 rings (SSSR count). The Labute approximate surface area is 124 Å². The highest BCUT2D eigenvalue weighted by Gasteiger charge is 2.40. The first kappa shape index (κ1) is 16.3. The lowest BCUT2D eigenvalue weighted by molar-refractivity contribution is -0.148. The van der Waals surface area contributed by atoms with Crippen LogP contribution in [-0.4, -0.2) is 40.5 Å². The average molecular weight is 316 g/mol. The Bertz CT molecular complexity index is 624. The number of amides is 2. The molecule has 0 aromatic heterocycles. The van der Waals surface area contributed by atoms with Gasteiger partial charge in [-0.05, 0) is 18.9 Å². The normalized spacial score (nSPS) is 21.7. The first-order valence-electron chi connectivity index (χ1n) is 6.66. The Morgan fingerprint density at radius 3 is 2.50 bits per heavy atom. The maximum Gasteiger partial charge on any atom is 0.251 e. The van der Waals surface area contributed by atoms with Crippen LogP contribution in [0.1, 0.15) is 18.4 Å². The fraction of sp³-hybridized carbons (Fsp3) is 0.429. The van der Waals surface area contributed by atoms with Gasteiger partial charge in [0.2, 0.25) is 5.91 Å². The lowest BCUT2D eigenvalue weighted by Gasteiger charge is -2.37. The van der Waals surface area contributed by atoms with Gasteiger partial charge in [0, 0.05) is 18.2 Å². The molecule has 1 aromatic carbocycles. The van der Waals surface area contributed by atoms with Gasteiger partial charge in [-0.3, -0.25) is 9.59 Å². The van der Waals surface area contributed by atoms with E-state index in [-0.39, 0.29) is 25.1 Å². The van der Waals surface area contributed by atoms with Crippen molar-refractivity contribution < 1.29 is 27.9 Å². The first-order chi connectivity index (χ1) is 10.2. The third-order valence-corrected chi connectivity index (χ3v) is 3.71. The van der Waals surface area contributed by atoms with Crippen molar-refractivity contribution in [1.82, 2.24) is 4.90 Å². The van der Waals surface area contributed by atoms with Gasteiger partial charge < -0.3 is 15.7 Å². The molecule has 0 radical (unpaired) electrons. The van der Waals surface area contributed by atoms with Crippen molar-refractivity contribution >= 4 is 11.8 Å². The molecule has 0 saturated carbocycles. The number of primary amides is 1. The Morgan fingerprint density at radius 2 is 1.86 bits per heavy atom. The topological polar surface area (TPSA) is 83.6 Å². The van der Waals surface area contributed by atoms with E-state index in [4.69, 9.17) is 5.73 Å². The highest BCUT2D eigenvalue weighted by molar-refractivity contribution is 5.85. The van der Waals surface area contributed by atoms with Crippen LogP contribution in [0.5, 0.6) is 0 Å². The van der Waals surface area contributed by atoms with Crippen LogP contribution in [-0.2, 0) is 16.0 Å². The number of nitrogens with zero attached hydrogens (tertiary/aromatic N) is 1. The van der Waals surface area contributed by atoms with Gasteiger partial charge in [-0.1, -0.05) is 0 Å². The van der Waals surface area contributed by atoms with Crippen molar-refractivity contribution in [1.29, 1.82) is 0 Å². The Morgan fingerprint density at radius 1 is 1.23 bits per heavy atom. The molecule has 0 spiro atoms. The van der Waals surface area contributed by atoms with E-state index in [0.717, 1.165) is 4.90 Å². The van der Waals surface area contributed by atoms with Gasteiger partial charge >= 0.3 is 0 Å². The Kier molecular flexibility index (Phi) is 4.41. The second-order valence-corrected chi connectivity index (χ2v) is 5.35. The van der Waals surface area contributed by atoms with E-state index in [0.29, 0.717) is 18.6 Å². The minimum Gasteiger partial charge on any atom is -0.378 e. The van der Waals surface area contributed by atoms with Crippen molar-refractivity contribution in [2.45, 2.75) is 24.9 Å². The summed E-state index contributed by atoms with van der Waals surface area (Å²) in [5.74, 6) is -5.17. The van der Waals surface area contributed by atoms with Gasteiger partial charge in [-0.25, -0.2) is 13.2 Å². The van der Waals surface area contributed by atoms with Gasteiger partial charge in [0.05, 0.1) is 13.0 Å². The summed E-state index contributed by atoms with van der Waals surface area (Å²) in [6.45, 7) is -0.0355. The van der Waals surface area contributed by atoms with Crippen molar-refractivity contribution in [3.05, 3.63) is 35.1 Å². The molecule has 3 N–H and O–H groups in total. The predicted molar refractivity (Wildman–Crippen MR) is 70.0 cm³/mol. The predicted octanol–water partition coefficient (Wildman–Crippen LogP) is 0.485. The summed E-state index contributed by atoms with van der Waals surface area (Å²) in [6.07, 6.45) is -0.0189. The number of aliphatic hydroxyl groups is 1. The minimum absolute atomic E-state index is 0.131. The molecular formula is C14H15F3N2O3. The third kappa shape index (κ3) is 3.22. The van der Waals surface area contributed by atoms with Gasteiger partial charge in [-0.15, -0.1) is 0 Å². The maximum absolute atomic E-state index is 13.5. The van der Waals surface area contributed by atoms with E-state index in [1.807, 2.05) is 0 Å². The summed E-state index contributed by atoms with van der Waals surface area (Å²) in [4.78, 5) is 24.5. The molecule has 22 heavy (non-hydrogen) atoms. The quantitative estimate of drug-likeness (QED) is 0.796. The summed E-state index contributed by atoms with van der Waals surface area (Å²) in [5, 5.41) is 10.0. The van der Waals surface area contributed by atoms with E-state index >= 15 is 0 Å². The van der Waals surface area contributed by atoms with Gasteiger partial charge in [-0.2, -0.15) is 0 Å². The Hall–Kier alpha value is -2.09. The number of hydrogen-bond donors (Lipinski definition) is 2. The number of rotatable bonds is 3. The molecule has 1 atom stereocenters. The lowest BCUT2D eigenvalue weighted by atomic mass is 9.92. The Balaban J connectivity index is 2.12. The summed E-state index contributed by atoms with van der Waals surface area (Å²) in [6, 6.07) is 0.987. The number of piperidine rings is 1. The highest BCUT2D eigenvalue weighted by Crippen LogP contribution is 2.22. The molecule has 0 bridgehead atoms. The lowest BCUT2D eigenvalue weighted by Crippen LogP contribution is -2.57. The van der Waals surface area contributed by atoms with Crippen molar-refractivity contribution in [3.8, 4) is 0 Å². The second kappa shape index (κ2) is 5.96. The number of nitrogens with two attached hydrogens (primary N) is 1. The number of carbonyl (C=O) groups excluding carboxylic acids is 2. The average Bonchev–Trinajstić information content (AvgIpc) is 2.44. The van der Waals surface area contributed by atoms with E-state index in [9.17, 15) is 27.9 Å². The summed E-state index contributed by atoms with van der Waals surface area (Å²) < 4.78 is 39.5. The molecule has 0 aliphatic carbocycles. The molecular weight excluding hydrogens is 301 g/mol. The van der Waals surface area contributed by atoms with Crippen LogP contribution in [0.2, 0.25) is 0 Å². The van der Waals surface area contributed by atoms with Crippen LogP contribution in [0.4, 0.5) is 13.2 Å². The van der Waals surface area contributed by atoms with Crippen molar-refractivity contribution in [2.75, 3.05) is 13.1 Å². The highest BCUT2D eigenvalue weighted by atomic mass is 19.2. The van der Waals surface area contributed by atoms with E-state index in [2.05, 4.69) is 0 Å². The van der Waals surface area contributed by atoms with Crippen LogP contribution >= 0.6 is 0 Å². The minimum atomic E-state index is -1.82. The monoisotopic (exact) mass is 316 g/mol. The van der Waals surface area contributed by atoms with E-state index in [1.165, 1.54) is 0 Å². The molecule has 120 valence electrons. The molecule has 8 heteroatoms. The summed E-state index contributed by atoms with van der Waals surface area (Å²) >= 11 is 0. The zero-order valence-corrected chi connectivity index (χ0v) is 11.6. The van der Waals surface area contributed by atoms with Gasteiger partial charge in [0.1, 0.15) is 5.82 Å². The van der Waals surface area contributed by atoms with E-state index in [1.54, 1.807) is 0 Å². The number of β-amino-alcohol motifs (C(OH)–C–C–N with tert-alkyl or cyclic N) is 1. The smallest absolute Gasteiger partial charge is 0.251 e. The molecule has 1 aliphatic heterocycles. The van der Waals surface area contributed by atoms with Crippen LogP contribution < -0.4 is 5.73 Å². The number of hydrogen-bond acceptors (Lipinski definition) is 3. The zero-order valence-electron chi connectivity index (χ0n) is 11.6. The zero-order chi connectivity index (χ0) is 16.5. The third-order valence-electron chi connectivity index (χ3n) is 3.71. The number of benzene rings is 1. The SMILES string of the molecule is NC(=O)C1(O)CCCN(C(=O)Cc2cc(F)c(F)cc2F)C1. The molecule has 1 saturated heterocycles. The summed E-state index contributed by atoms with van der Waals surface area (Å²) in [5.41, 5.74) is 2.99. The molecule has 2 amide bonds. The fourth-order valence-electron chi connectivity index (χ4n) is 2.42. The van der Waals surface area contributed by atoms with Crippen LogP contribution in [0.25, 0.3) is 0 Å². The molecule has 1 heterocycles. The second-order valence-electron chi connectivity index (χ2n) is 5.35. The number of carbonyl (C=O) groups is 2. The van der Waals surface area contributed by atoms with Crippen LogP contribution in [0, 0.1) is 17.5 Å². The van der Waals surface area contributed by atoms with E-state index < -0.39 is 41.3 Å². The molecule has 1 unspecified atom stereocenters. The fourth-order valence-corrected chi connectivity index (χ4v) is 2.42. The molecule has 1 aliphatic rings. The van der Waals surface area contributed by atoms with Crippen molar-refractivity contribution in [2.24, 2.45) is 5.73 Å². The molecule has 1 aromatic rings. The maximum atomic E-state index is 13.5. The first-order valence-corrected chi connectivity index (χ1v) is 6.66. The van der Waals surface area contributed by atoms with Gasteiger partial charge in [0.15, 0.2) is 17.2 Å². The number of halogens is 3. The van der Waals surface area contributed by atoms with Crippen molar-refractivity contribution in [3.63, 3.8) is 0 Å².